The van der Waals surface area contributed by atoms with Gasteiger partial charge in [0.1, 0.15) is 23.3 Å². The molecule has 3 aromatic rings. The summed E-state index contributed by atoms with van der Waals surface area (Å²) in [5.74, 6) is 1.11. The number of methoxy groups -OCH3 is 2. The molecule has 2 N–H and O–H groups in total. The minimum Gasteiger partial charge on any atom is -0.497 e. The first-order chi connectivity index (χ1) is 14.9. The van der Waals surface area contributed by atoms with E-state index in [1.54, 1.807) is 37.4 Å². The molecule has 0 aliphatic heterocycles. The molecule has 1 atom stereocenters. The summed E-state index contributed by atoms with van der Waals surface area (Å²) in [5.41, 5.74) is 0.634. The van der Waals surface area contributed by atoms with Crippen LogP contribution in [0.4, 0.5) is 0 Å². The van der Waals surface area contributed by atoms with Gasteiger partial charge in [-0.15, -0.1) is 0 Å². The number of nitrogens with zero attached hydrogens (tertiary/aromatic N) is 1. The van der Waals surface area contributed by atoms with E-state index < -0.39 is 11.9 Å². The number of amides is 2. The standard InChI is InChI=1S/C22H25N3O6/c1-13(2)20(22(27)23-12-15-6-5-9-30-15)24-21(26)17-11-19(31-25-17)16-10-14(28-3)7-8-18(16)29-4/h5-11,13,20H,12H2,1-4H3,(H,23,27)(H,24,26)/t20-/m0/s1. The number of furan rings is 1. The molecule has 0 radical (unpaired) electrons. The second-order valence-electron chi connectivity index (χ2n) is 7.13. The largest absolute Gasteiger partial charge is 0.497 e. The lowest BCUT2D eigenvalue weighted by Gasteiger charge is -2.20. The molecule has 0 spiro atoms. The van der Waals surface area contributed by atoms with E-state index in [0.29, 0.717) is 28.6 Å². The van der Waals surface area contributed by atoms with Gasteiger partial charge in [0.25, 0.3) is 5.91 Å². The molecule has 0 aliphatic carbocycles. The van der Waals surface area contributed by atoms with E-state index in [9.17, 15) is 9.59 Å². The number of hydrogen-bond acceptors (Lipinski definition) is 7. The topological polar surface area (TPSA) is 116 Å². The van der Waals surface area contributed by atoms with Crippen LogP contribution in [0.5, 0.6) is 11.5 Å². The Morgan fingerprint density at radius 3 is 2.58 bits per heavy atom. The molecule has 164 valence electrons. The van der Waals surface area contributed by atoms with Crippen LogP contribution in [0.25, 0.3) is 11.3 Å². The van der Waals surface area contributed by atoms with Crippen LogP contribution in [-0.2, 0) is 11.3 Å². The molecule has 1 aromatic carbocycles. The summed E-state index contributed by atoms with van der Waals surface area (Å²) in [7, 11) is 3.08. The third kappa shape index (κ3) is 5.25. The van der Waals surface area contributed by atoms with Crippen LogP contribution in [0.15, 0.2) is 51.6 Å². The maximum Gasteiger partial charge on any atom is 0.274 e. The average Bonchev–Trinajstić information content (AvgIpc) is 3.47. The summed E-state index contributed by atoms with van der Waals surface area (Å²) in [6.07, 6.45) is 1.53. The molecular formula is C22H25N3O6. The van der Waals surface area contributed by atoms with Crippen molar-refractivity contribution in [3.8, 4) is 22.8 Å². The molecule has 9 nitrogen and oxygen atoms in total. The van der Waals surface area contributed by atoms with E-state index in [0.717, 1.165) is 0 Å². The molecule has 3 rings (SSSR count). The van der Waals surface area contributed by atoms with Crippen molar-refractivity contribution >= 4 is 11.8 Å². The van der Waals surface area contributed by atoms with Crippen LogP contribution in [-0.4, -0.2) is 37.2 Å². The van der Waals surface area contributed by atoms with Gasteiger partial charge in [-0.25, -0.2) is 0 Å². The number of rotatable bonds is 9. The predicted octanol–water partition coefficient (Wildman–Crippen LogP) is 3.02. The van der Waals surface area contributed by atoms with Gasteiger partial charge >= 0.3 is 0 Å². The normalized spacial score (nSPS) is 11.8. The Morgan fingerprint density at radius 2 is 1.94 bits per heavy atom. The summed E-state index contributed by atoms with van der Waals surface area (Å²) in [5, 5.41) is 9.33. The van der Waals surface area contributed by atoms with Crippen LogP contribution in [0, 0.1) is 5.92 Å². The molecule has 0 bridgehead atoms. The number of nitrogens with one attached hydrogen (secondary N) is 2. The fourth-order valence-electron chi connectivity index (χ4n) is 2.96. The number of carbonyl (C=O) groups excluding carboxylic acids is 2. The maximum atomic E-state index is 12.7. The quantitative estimate of drug-likeness (QED) is 0.539. The number of hydrogen-bond donors (Lipinski definition) is 2. The van der Waals surface area contributed by atoms with Gasteiger partial charge in [-0.3, -0.25) is 9.59 Å². The van der Waals surface area contributed by atoms with Gasteiger partial charge in [0.15, 0.2) is 11.5 Å². The zero-order chi connectivity index (χ0) is 22.4. The Labute approximate surface area is 179 Å². The smallest absolute Gasteiger partial charge is 0.274 e. The van der Waals surface area contributed by atoms with E-state index >= 15 is 0 Å². The van der Waals surface area contributed by atoms with Crippen molar-refractivity contribution in [2.24, 2.45) is 5.92 Å². The molecule has 2 amide bonds. The summed E-state index contributed by atoms with van der Waals surface area (Å²) < 4.78 is 21.2. The lowest BCUT2D eigenvalue weighted by Crippen LogP contribution is -2.49. The van der Waals surface area contributed by atoms with Gasteiger partial charge in [0.05, 0.1) is 32.6 Å². The highest BCUT2D eigenvalue weighted by atomic mass is 16.5. The first-order valence-electron chi connectivity index (χ1n) is 9.73. The Balaban J connectivity index is 1.72. The number of ether oxygens (including phenoxy) is 2. The van der Waals surface area contributed by atoms with Crippen molar-refractivity contribution in [2.45, 2.75) is 26.4 Å². The highest BCUT2D eigenvalue weighted by Gasteiger charge is 2.26. The Kier molecular flexibility index (Phi) is 6.96. The van der Waals surface area contributed by atoms with Crippen molar-refractivity contribution in [1.29, 1.82) is 0 Å². The fourth-order valence-corrected chi connectivity index (χ4v) is 2.96. The summed E-state index contributed by atoms with van der Waals surface area (Å²) in [4.78, 5) is 25.3. The zero-order valence-corrected chi connectivity index (χ0v) is 17.8. The molecule has 0 saturated heterocycles. The molecule has 2 aromatic heterocycles. The highest BCUT2D eigenvalue weighted by Crippen LogP contribution is 2.33. The van der Waals surface area contributed by atoms with Gasteiger partial charge in [-0.2, -0.15) is 0 Å². The first-order valence-corrected chi connectivity index (χ1v) is 9.73. The molecule has 9 heteroatoms. The molecule has 0 aliphatic rings. The van der Waals surface area contributed by atoms with E-state index in [1.165, 1.54) is 19.4 Å². The monoisotopic (exact) mass is 427 g/mol. The van der Waals surface area contributed by atoms with Crippen molar-refractivity contribution < 1.29 is 28.0 Å². The Bertz CT molecular complexity index is 1030. The molecule has 0 unspecified atom stereocenters. The zero-order valence-electron chi connectivity index (χ0n) is 17.8. The van der Waals surface area contributed by atoms with E-state index in [2.05, 4.69) is 15.8 Å². The summed E-state index contributed by atoms with van der Waals surface area (Å²) >= 11 is 0. The third-order valence-corrected chi connectivity index (χ3v) is 4.67. The molecule has 31 heavy (non-hydrogen) atoms. The molecule has 0 saturated carbocycles. The number of aromatic nitrogens is 1. The summed E-state index contributed by atoms with van der Waals surface area (Å²) in [6.45, 7) is 3.91. The van der Waals surface area contributed by atoms with Crippen LogP contribution >= 0.6 is 0 Å². The molecule has 2 heterocycles. The maximum absolute atomic E-state index is 12.7. The van der Waals surface area contributed by atoms with E-state index in [1.807, 2.05) is 13.8 Å². The SMILES string of the molecule is COc1ccc(OC)c(-c2cc(C(=O)N[C@H](C(=O)NCc3ccco3)C(C)C)no2)c1. The van der Waals surface area contributed by atoms with E-state index in [-0.39, 0.29) is 24.1 Å². The van der Waals surface area contributed by atoms with Crippen molar-refractivity contribution in [2.75, 3.05) is 14.2 Å². The van der Waals surface area contributed by atoms with Gasteiger partial charge < -0.3 is 29.0 Å². The highest BCUT2D eigenvalue weighted by molar-refractivity contribution is 5.96. The lowest BCUT2D eigenvalue weighted by atomic mass is 10.0. The average molecular weight is 427 g/mol. The van der Waals surface area contributed by atoms with Crippen LogP contribution in [0.1, 0.15) is 30.1 Å². The minimum absolute atomic E-state index is 0.0457. The lowest BCUT2D eigenvalue weighted by molar-refractivity contribution is -0.124. The molecule has 0 fully saturated rings. The van der Waals surface area contributed by atoms with Crippen molar-refractivity contribution in [1.82, 2.24) is 15.8 Å². The second-order valence-corrected chi connectivity index (χ2v) is 7.13. The third-order valence-electron chi connectivity index (χ3n) is 4.67. The van der Waals surface area contributed by atoms with Gasteiger partial charge in [-0.05, 0) is 36.2 Å². The number of carbonyl (C=O) groups is 2. The van der Waals surface area contributed by atoms with Gasteiger partial charge in [0, 0.05) is 6.07 Å². The van der Waals surface area contributed by atoms with Gasteiger partial charge in [0.2, 0.25) is 5.91 Å². The second kappa shape index (κ2) is 9.84. The Morgan fingerprint density at radius 1 is 1.13 bits per heavy atom. The van der Waals surface area contributed by atoms with E-state index in [4.69, 9.17) is 18.4 Å². The predicted molar refractivity (Wildman–Crippen MR) is 112 cm³/mol. The minimum atomic E-state index is -0.756. The first kappa shape index (κ1) is 21.9. The fraction of sp³-hybridized carbons (Fsp3) is 0.318. The number of benzene rings is 1. The molecular weight excluding hydrogens is 402 g/mol. The summed E-state index contributed by atoms with van der Waals surface area (Å²) in [6, 6.07) is 9.43. The van der Waals surface area contributed by atoms with Crippen LogP contribution in [0.3, 0.4) is 0 Å². The van der Waals surface area contributed by atoms with Crippen LogP contribution in [0.2, 0.25) is 0 Å². The van der Waals surface area contributed by atoms with Crippen molar-refractivity contribution in [3.05, 3.63) is 54.1 Å². The Hall–Kier alpha value is -3.75. The van der Waals surface area contributed by atoms with Gasteiger partial charge in [-0.1, -0.05) is 19.0 Å². The van der Waals surface area contributed by atoms with Crippen LogP contribution < -0.4 is 20.1 Å². The van der Waals surface area contributed by atoms with Crippen molar-refractivity contribution in [3.63, 3.8) is 0 Å².